The first-order chi connectivity index (χ1) is 7.14. The lowest BCUT2D eigenvalue weighted by atomic mass is 10.4. The van der Waals surface area contributed by atoms with Gasteiger partial charge in [-0.25, -0.2) is 0 Å². The first-order valence-electron chi connectivity index (χ1n) is 5.09. The molecule has 0 aromatic heterocycles. The fourth-order valence-electron chi connectivity index (χ4n) is 1.43. The van der Waals surface area contributed by atoms with Crippen LogP contribution in [0.5, 0.6) is 0 Å². The topological polar surface area (TPSA) is 30.9 Å². The van der Waals surface area contributed by atoms with Crippen molar-refractivity contribution in [3.8, 4) is 0 Å². The minimum atomic E-state index is -2.36. The van der Waals surface area contributed by atoms with Crippen molar-refractivity contribution >= 4 is 21.2 Å². The molecule has 0 aromatic rings. The van der Waals surface area contributed by atoms with Gasteiger partial charge in [-0.2, -0.15) is 0 Å². The number of halogens is 1. The van der Waals surface area contributed by atoms with E-state index in [1.54, 1.807) is 21.3 Å². The number of nitrogens with zero attached hydrogens (tertiary/aromatic N) is 1. The molecule has 6 heteroatoms. The van der Waals surface area contributed by atoms with Gasteiger partial charge in [0.25, 0.3) is 0 Å². The summed E-state index contributed by atoms with van der Waals surface area (Å²) in [5.41, 5.74) is 0. The van der Waals surface area contributed by atoms with Crippen molar-refractivity contribution in [1.29, 1.82) is 0 Å². The molecule has 0 saturated carbocycles. The highest BCUT2D eigenvalue weighted by Crippen LogP contribution is 2.14. The highest BCUT2D eigenvalue weighted by atomic mass is 35.5. The van der Waals surface area contributed by atoms with Crippen molar-refractivity contribution in [3.63, 3.8) is 0 Å². The molecule has 0 aliphatic rings. The van der Waals surface area contributed by atoms with Crippen molar-refractivity contribution in [2.75, 3.05) is 41.5 Å². The van der Waals surface area contributed by atoms with Crippen molar-refractivity contribution in [2.45, 2.75) is 12.5 Å². The van der Waals surface area contributed by atoms with Crippen LogP contribution in [0.4, 0.5) is 0 Å². The van der Waals surface area contributed by atoms with E-state index < -0.39 is 8.80 Å². The fourth-order valence-corrected chi connectivity index (χ4v) is 3.14. The molecule has 0 aliphatic heterocycles. The number of hydrogen-bond donors (Lipinski definition) is 0. The van der Waals surface area contributed by atoms with Gasteiger partial charge in [-0.15, -0.1) is 19.0 Å². The maximum atomic E-state index is 5.33. The van der Waals surface area contributed by atoms with Gasteiger partial charge in [0.05, 0.1) is 0 Å². The number of likely N-dealkylation sites (N-methyl/N-ethyl adjacent to an activating group) is 1. The molecule has 0 unspecified atom stereocenters. The van der Waals surface area contributed by atoms with Crippen molar-refractivity contribution in [1.82, 2.24) is 4.90 Å². The van der Waals surface area contributed by atoms with Gasteiger partial charge >= 0.3 is 8.80 Å². The second-order valence-corrected chi connectivity index (χ2v) is 6.54. The third kappa shape index (κ3) is 6.62. The van der Waals surface area contributed by atoms with Crippen LogP contribution < -0.4 is 0 Å². The van der Waals surface area contributed by atoms with Gasteiger partial charge in [0.2, 0.25) is 0 Å². The van der Waals surface area contributed by atoms with Gasteiger partial charge in [-0.05, 0) is 20.0 Å². The van der Waals surface area contributed by atoms with E-state index in [1.165, 1.54) is 0 Å². The summed E-state index contributed by atoms with van der Waals surface area (Å²) < 4.78 is 16.0. The molecule has 0 N–H and O–H groups in total. The third-order valence-electron chi connectivity index (χ3n) is 2.40. The molecule has 0 saturated heterocycles. The number of hydrogen-bond acceptors (Lipinski definition) is 4. The van der Waals surface area contributed by atoms with E-state index in [0.29, 0.717) is 0 Å². The highest BCUT2D eigenvalue weighted by Gasteiger charge is 2.36. The first kappa shape index (κ1) is 18.5. The van der Waals surface area contributed by atoms with Gasteiger partial charge in [0, 0.05) is 33.9 Å². The maximum absolute atomic E-state index is 5.33. The molecule has 4 nitrogen and oxygen atoms in total. The minimum Gasteiger partial charge on any atom is -0.377 e. The Morgan fingerprint density at radius 1 is 1.19 bits per heavy atom. The summed E-state index contributed by atoms with van der Waals surface area (Å²) in [7, 11) is 4.64. The molecule has 0 radical (unpaired) electrons. The molecule has 0 aliphatic carbocycles. The SMILES string of the molecule is C=CCN(C)CCC[Si](OC)(OC)OC.Cl. The van der Waals surface area contributed by atoms with E-state index in [0.717, 1.165) is 25.6 Å². The summed E-state index contributed by atoms with van der Waals surface area (Å²) in [6.45, 7) is 5.60. The van der Waals surface area contributed by atoms with Crippen molar-refractivity contribution in [3.05, 3.63) is 12.7 Å². The lowest BCUT2D eigenvalue weighted by Gasteiger charge is -2.25. The molecule has 0 fully saturated rings. The zero-order valence-electron chi connectivity index (χ0n) is 10.7. The second kappa shape index (κ2) is 10.3. The summed E-state index contributed by atoms with van der Waals surface area (Å²) in [6.07, 6.45) is 2.90. The molecule has 0 aromatic carbocycles. The fraction of sp³-hybridized carbons (Fsp3) is 0.800. The average molecular weight is 270 g/mol. The van der Waals surface area contributed by atoms with Crippen LogP contribution in [-0.2, 0) is 13.3 Å². The molecular weight excluding hydrogens is 246 g/mol. The zero-order valence-corrected chi connectivity index (χ0v) is 12.5. The van der Waals surface area contributed by atoms with Gasteiger partial charge in [-0.1, -0.05) is 6.08 Å². The Morgan fingerprint density at radius 3 is 2.06 bits per heavy atom. The van der Waals surface area contributed by atoms with Gasteiger partial charge < -0.3 is 18.2 Å². The smallest absolute Gasteiger partial charge is 0.377 e. The van der Waals surface area contributed by atoms with Crippen LogP contribution in [0.2, 0.25) is 6.04 Å². The van der Waals surface area contributed by atoms with Crippen LogP contribution in [0, 0.1) is 0 Å². The minimum absolute atomic E-state index is 0. The zero-order chi connectivity index (χ0) is 11.7. The van der Waals surface area contributed by atoms with Crippen LogP contribution in [0.25, 0.3) is 0 Å². The largest absolute Gasteiger partial charge is 0.500 e. The summed E-state index contributed by atoms with van der Waals surface area (Å²) in [5.74, 6) is 0. The number of rotatable bonds is 9. The summed E-state index contributed by atoms with van der Waals surface area (Å²) in [6, 6.07) is 0.845. The molecule has 98 valence electrons. The Morgan fingerprint density at radius 2 is 1.69 bits per heavy atom. The van der Waals surface area contributed by atoms with Crippen molar-refractivity contribution < 1.29 is 13.3 Å². The van der Waals surface area contributed by atoms with Crippen LogP contribution in [0.3, 0.4) is 0 Å². The predicted molar refractivity (Wildman–Crippen MR) is 71.1 cm³/mol. The van der Waals surface area contributed by atoms with E-state index in [-0.39, 0.29) is 12.4 Å². The molecule has 0 spiro atoms. The van der Waals surface area contributed by atoms with Crippen LogP contribution in [0.1, 0.15) is 6.42 Å². The lowest BCUT2D eigenvalue weighted by molar-refractivity contribution is 0.122. The summed E-state index contributed by atoms with van der Waals surface area (Å²) in [5, 5.41) is 0. The van der Waals surface area contributed by atoms with E-state index >= 15 is 0 Å². The van der Waals surface area contributed by atoms with E-state index in [9.17, 15) is 0 Å². The lowest BCUT2D eigenvalue weighted by Crippen LogP contribution is -2.43. The molecular formula is C10H24ClNO3Si. The molecule has 0 rings (SSSR count). The van der Waals surface area contributed by atoms with E-state index in [1.807, 2.05) is 6.08 Å². The Kier molecular flexibility index (Phi) is 11.8. The van der Waals surface area contributed by atoms with Gasteiger partial charge in [0.1, 0.15) is 0 Å². The quantitative estimate of drug-likeness (QED) is 0.472. The highest BCUT2D eigenvalue weighted by molar-refractivity contribution is 6.60. The second-order valence-electron chi connectivity index (χ2n) is 3.45. The first-order valence-corrected chi connectivity index (χ1v) is 7.02. The van der Waals surface area contributed by atoms with Crippen LogP contribution >= 0.6 is 12.4 Å². The molecule has 0 bridgehead atoms. The van der Waals surface area contributed by atoms with Crippen molar-refractivity contribution in [2.24, 2.45) is 0 Å². The van der Waals surface area contributed by atoms with Crippen LogP contribution in [0.15, 0.2) is 12.7 Å². The Labute approximate surface area is 106 Å². The standard InChI is InChI=1S/C10H23NO3Si.ClH/c1-6-8-11(2)9-7-10-15(12-3,13-4)14-5;/h6H,1,7-10H2,2-5H3;1H. The third-order valence-corrected chi connectivity index (χ3v) is 5.23. The summed E-state index contributed by atoms with van der Waals surface area (Å²) >= 11 is 0. The van der Waals surface area contributed by atoms with Gasteiger partial charge in [0.15, 0.2) is 0 Å². The molecule has 0 heterocycles. The normalized spacial score (nSPS) is 11.3. The predicted octanol–water partition coefficient (Wildman–Crippen LogP) is 1.79. The molecule has 16 heavy (non-hydrogen) atoms. The summed E-state index contributed by atoms with van der Waals surface area (Å²) in [4.78, 5) is 2.20. The molecule has 0 atom stereocenters. The van der Waals surface area contributed by atoms with E-state index in [2.05, 4.69) is 18.5 Å². The maximum Gasteiger partial charge on any atom is 0.500 e. The van der Waals surface area contributed by atoms with Crippen LogP contribution in [-0.4, -0.2) is 55.2 Å². The Bertz CT molecular complexity index is 171. The van der Waals surface area contributed by atoms with E-state index in [4.69, 9.17) is 13.3 Å². The monoisotopic (exact) mass is 269 g/mol. The Balaban J connectivity index is 0. The molecule has 0 amide bonds. The Hall–Kier alpha value is 0.0869. The average Bonchev–Trinajstić information content (AvgIpc) is 2.25. The van der Waals surface area contributed by atoms with Gasteiger partial charge in [-0.3, -0.25) is 0 Å².